The minimum Gasteiger partial charge on any atom is -0.493 e. The quantitative estimate of drug-likeness (QED) is 0.858. The van der Waals surface area contributed by atoms with Gasteiger partial charge in [0.1, 0.15) is 0 Å². The monoisotopic (exact) mass is 265 g/mol. The molecule has 1 fully saturated rings. The molecule has 1 aromatic rings. The van der Waals surface area contributed by atoms with E-state index in [0.717, 1.165) is 49.8 Å². The summed E-state index contributed by atoms with van der Waals surface area (Å²) in [6, 6.07) is 5.98. The fourth-order valence-electron chi connectivity index (χ4n) is 2.27. The van der Waals surface area contributed by atoms with Crippen LogP contribution in [0.1, 0.15) is 19.8 Å². The van der Waals surface area contributed by atoms with E-state index in [-0.39, 0.29) is 0 Å². The van der Waals surface area contributed by atoms with Crippen LogP contribution >= 0.6 is 0 Å². The summed E-state index contributed by atoms with van der Waals surface area (Å²) in [4.78, 5) is 0. The highest BCUT2D eigenvalue weighted by atomic mass is 16.5. The van der Waals surface area contributed by atoms with Crippen LogP contribution in [0.2, 0.25) is 0 Å². The van der Waals surface area contributed by atoms with Crippen molar-refractivity contribution >= 4 is 5.69 Å². The zero-order valence-electron chi connectivity index (χ0n) is 11.8. The molecule has 106 valence electrons. The van der Waals surface area contributed by atoms with E-state index in [0.29, 0.717) is 12.5 Å². The Morgan fingerprint density at radius 1 is 1.26 bits per heavy atom. The van der Waals surface area contributed by atoms with Crippen LogP contribution in [0.25, 0.3) is 0 Å². The maximum absolute atomic E-state index is 5.51. The third kappa shape index (κ3) is 4.03. The molecule has 19 heavy (non-hydrogen) atoms. The molecule has 4 nitrogen and oxygen atoms in total. The number of ether oxygens (including phenoxy) is 3. The fourth-order valence-corrected chi connectivity index (χ4v) is 2.27. The molecule has 0 amide bonds. The molecule has 1 aromatic carbocycles. The van der Waals surface area contributed by atoms with Gasteiger partial charge in [-0.3, -0.25) is 0 Å². The van der Waals surface area contributed by atoms with E-state index in [9.17, 15) is 0 Å². The van der Waals surface area contributed by atoms with Crippen molar-refractivity contribution in [2.45, 2.75) is 19.8 Å². The summed E-state index contributed by atoms with van der Waals surface area (Å²) < 4.78 is 16.2. The molecule has 2 rings (SSSR count). The second kappa shape index (κ2) is 7.24. The zero-order valence-corrected chi connectivity index (χ0v) is 11.8. The van der Waals surface area contributed by atoms with Crippen LogP contribution in [-0.2, 0) is 4.74 Å². The summed E-state index contributed by atoms with van der Waals surface area (Å²) in [5.74, 6) is 2.27. The highest BCUT2D eigenvalue weighted by Crippen LogP contribution is 2.30. The average Bonchev–Trinajstić information content (AvgIpc) is 2.47. The average molecular weight is 265 g/mol. The normalized spacial score (nSPS) is 16.1. The molecular formula is C15H23NO3. The number of hydrogen-bond donors (Lipinski definition) is 1. The molecule has 0 saturated carbocycles. The molecule has 0 spiro atoms. The van der Waals surface area contributed by atoms with Crippen LogP contribution in [-0.4, -0.2) is 33.5 Å². The number of anilines is 1. The van der Waals surface area contributed by atoms with Crippen molar-refractivity contribution < 1.29 is 14.2 Å². The van der Waals surface area contributed by atoms with Gasteiger partial charge in [0.15, 0.2) is 11.5 Å². The van der Waals surface area contributed by atoms with E-state index in [2.05, 4.69) is 5.32 Å². The number of benzene rings is 1. The van der Waals surface area contributed by atoms with Crippen LogP contribution in [0.5, 0.6) is 11.5 Å². The van der Waals surface area contributed by atoms with Crippen molar-refractivity contribution in [2.75, 3.05) is 38.8 Å². The third-order valence-electron chi connectivity index (χ3n) is 3.40. The van der Waals surface area contributed by atoms with Gasteiger partial charge in [-0.2, -0.15) is 0 Å². The Bertz CT molecular complexity index is 389. The topological polar surface area (TPSA) is 39.7 Å². The summed E-state index contributed by atoms with van der Waals surface area (Å²) >= 11 is 0. The molecule has 0 radical (unpaired) electrons. The fraction of sp³-hybridized carbons (Fsp3) is 0.600. The number of rotatable bonds is 6. The lowest BCUT2D eigenvalue weighted by molar-refractivity contribution is 0.0699. The second-order valence-corrected chi connectivity index (χ2v) is 4.74. The predicted octanol–water partition coefficient (Wildman–Crippen LogP) is 2.93. The van der Waals surface area contributed by atoms with Gasteiger partial charge in [0.2, 0.25) is 0 Å². The van der Waals surface area contributed by atoms with Gasteiger partial charge >= 0.3 is 0 Å². The first-order valence-electron chi connectivity index (χ1n) is 6.96. The first-order chi connectivity index (χ1) is 9.33. The highest BCUT2D eigenvalue weighted by Gasteiger charge is 2.13. The minimum absolute atomic E-state index is 0.644. The summed E-state index contributed by atoms with van der Waals surface area (Å²) in [6.07, 6.45) is 2.28. The molecule has 4 heteroatoms. The number of methoxy groups -OCH3 is 1. The number of hydrogen-bond acceptors (Lipinski definition) is 4. The maximum atomic E-state index is 5.51. The summed E-state index contributed by atoms with van der Waals surface area (Å²) in [7, 11) is 1.67. The maximum Gasteiger partial charge on any atom is 0.162 e. The number of nitrogens with one attached hydrogen (secondary N) is 1. The largest absolute Gasteiger partial charge is 0.493 e. The first kappa shape index (κ1) is 14.0. The van der Waals surface area contributed by atoms with Gasteiger partial charge in [0.25, 0.3) is 0 Å². The van der Waals surface area contributed by atoms with Gasteiger partial charge in [0, 0.05) is 31.5 Å². The van der Waals surface area contributed by atoms with Crippen molar-refractivity contribution in [2.24, 2.45) is 5.92 Å². The predicted molar refractivity (Wildman–Crippen MR) is 76.2 cm³/mol. The summed E-state index contributed by atoms with van der Waals surface area (Å²) in [5, 5.41) is 3.47. The highest BCUT2D eigenvalue weighted by molar-refractivity contribution is 5.54. The molecule has 0 aliphatic carbocycles. The molecule has 1 N–H and O–H groups in total. The van der Waals surface area contributed by atoms with Crippen molar-refractivity contribution in [1.29, 1.82) is 0 Å². The Morgan fingerprint density at radius 2 is 2.05 bits per heavy atom. The third-order valence-corrected chi connectivity index (χ3v) is 3.40. The Labute approximate surface area is 115 Å². The first-order valence-corrected chi connectivity index (χ1v) is 6.96. The molecular weight excluding hydrogens is 242 g/mol. The van der Waals surface area contributed by atoms with Gasteiger partial charge in [-0.15, -0.1) is 0 Å². The van der Waals surface area contributed by atoms with Gasteiger partial charge in [-0.1, -0.05) is 0 Å². The Balaban J connectivity index is 1.92. The Kier molecular flexibility index (Phi) is 5.33. The standard InChI is InChI=1S/C15H23NO3/c1-3-19-14-5-4-13(10-15(14)17-2)16-11-12-6-8-18-9-7-12/h4-5,10,12,16H,3,6-9,11H2,1-2H3. The minimum atomic E-state index is 0.644. The lowest BCUT2D eigenvalue weighted by atomic mass is 10.0. The van der Waals surface area contributed by atoms with Crippen molar-refractivity contribution in [3.05, 3.63) is 18.2 Å². The van der Waals surface area contributed by atoms with Gasteiger partial charge in [0.05, 0.1) is 13.7 Å². The van der Waals surface area contributed by atoms with E-state index < -0.39 is 0 Å². The molecule has 1 heterocycles. The van der Waals surface area contributed by atoms with Crippen molar-refractivity contribution in [3.63, 3.8) is 0 Å². The lowest BCUT2D eigenvalue weighted by Gasteiger charge is -2.23. The van der Waals surface area contributed by atoms with Crippen molar-refractivity contribution in [1.82, 2.24) is 0 Å². The van der Waals surface area contributed by atoms with Crippen molar-refractivity contribution in [3.8, 4) is 11.5 Å². The van der Waals surface area contributed by atoms with Gasteiger partial charge in [-0.05, 0) is 37.8 Å². The second-order valence-electron chi connectivity index (χ2n) is 4.74. The molecule has 1 aliphatic rings. The van der Waals surface area contributed by atoms with Crippen LogP contribution in [0, 0.1) is 5.92 Å². The summed E-state index contributed by atoms with van der Waals surface area (Å²) in [5.41, 5.74) is 1.08. The van der Waals surface area contributed by atoms with Gasteiger partial charge in [-0.25, -0.2) is 0 Å². The molecule has 0 atom stereocenters. The van der Waals surface area contributed by atoms with Crippen LogP contribution in [0.3, 0.4) is 0 Å². The molecule has 1 saturated heterocycles. The van der Waals surface area contributed by atoms with E-state index in [1.807, 2.05) is 25.1 Å². The smallest absolute Gasteiger partial charge is 0.162 e. The van der Waals surface area contributed by atoms with Gasteiger partial charge < -0.3 is 19.5 Å². The Hall–Kier alpha value is -1.42. The van der Waals surface area contributed by atoms with E-state index in [4.69, 9.17) is 14.2 Å². The van der Waals surface area contributed by atoms with E-state index in [1.165, 1.54) is 0 Å². The zero-order chi connectivity index (χ0) is 13.5. The van der Waals surface area contributed by atoms with Crippen LogP contribution < -0.4 is 14.8 Å². The lowest BCUT2D eigenvalue weighted by Crippen LogP contribution is -2.22. The van der Waals surface area contributed by atoms with Crippen LogP contribution in [0.4, 0.5) is 5.69 Å². The SMILES string of the molecule is CCOc1ccc(NCC2CCOCC2)cc1OC. The molecule has 0 bridgehead atoms. The van der Waals surface area contributed by atoms with E-state index >= 15 is 0 Å². The molecule has 0 aromatic heterocycles. The molecule has 1 aliphatic heterocycles. The molecule has 0 unspecified atom stereocenters. The summed E-state index contributed by atoms with van der Waals surface area (Å²) in [6.45, 7) is 5.38. The Morgan fingerprint density at radius 3 is 2.74 bits per heavy atom. The van der Waals surface area contributed by atoms with Crippen LogP contribution in [0.15, 0.2) is 18.2 Å². The van der Waals surface area contributed by atoms with E-state index in [1.54, 1.807) is 7.11 Å².